The number of carbonyl (C=O) groups excluding carboxylic acids is 2. The minimum atomic E-state index is -0.782. The minimum Gasteiger partial charge on any atom is -0.481 e. The first-order valence-corrected chi connectivity index (χ1v) is 11.5. The van der Waals surface area contributed by atoms with Gasteiger partial charge in [0.2, 0.25) is 5.91 Å². The summed E-state index contributed by atoms with van der Waals surface area (Å²) in [4.78, 5) is 37.2. The highest BCUT2D eigenvalue weighted by molar-refractivity contribution is 5.80. The first-order chi connectivity index (χ1) is 15.9. The molecule has 2 N–H and O–H groups in total. The molecule has 1 saturated heterocycles. The smallest absolute Gasteiger partial charge is 0.407 e. The Balaban J connectivity index is 1.21. The van der Waals surface area contributed by atoms with Crippen LogP contribution in [0.3, 0.4) is 0 Å². The fraction of sp³-hybridized carbons (Fsp3) is 0.423. The number of hydrogen-bond donors (Lipinski definition) is 2. The number of benzene rings is 2. The monoisotopic (exact) mass is 450 g/mol. The molecule has 1 atom stereocenters. The number of carboxylic acids is 1. The maximum Gasteiger partial charge on any atom is 0.407 e. The van der Waals surface area contributed by atoms with Crippen molar-refractivity contribution in [2.45, 2.75) is 44.6 Å². The molecule has 33 heavy (non-hydrogen) atoms. The van der Waals surface area contributed by atoms with Gasteiger partial charge in [0.05, 0.1) is 0 Å². The standard InChI is InChI=1S/C26H30N2O5/c1-17(13-24(29)28-14-18(15-28)7-6-12-25(30)31)27-26(32)33-16-23-21-10-4-2-8-19(21)20-9-3-5-11-22(20)23/h2-5,8-11,17-18,23H,6-7,12-16H2,1H3,(H,27,32)(H,30,31). The average molecular weight is 451 g/mol. The van der Waals surface area contributed by atoms with Gasteiger partial charge in [-0.05, 0) is 47.9 Å². The van der Waals surface area contributed by atoms with Crippen molar-refractivity contribution in [3.05, 3.63) is 59.7 Å². The highest BCUT2D eigenvalue weighted by atomic mass is 16.5. The van der Waals surface area contributed by atoms with E-state index in [-0.39, 0.29) is 37.3 Å². The van der Waals surface area contributed by atoms with Crippen LogP contribution >= 0.6 is 0 Å². The van der Waals surface area contributed by atoms with E-state index in [9.17, 15) is 14.4 Å². The van der Waals surface area contributed by atoms with Crippen molar-refractivity contribution in [1.82, 2.24) is 10.2 Å². The molecule has 174 valence electrons. The molecule has 0 radical (unpaired) electrons. The SMILES string of the molecule is CC(CC(=O)N1CC(CCCC(=O)O)C1)NC(=O)OCC1c2ccccc2-c2ccccc21. The molecular formula is C26H30N2O5. The summed E-state index contributed by atoms with van der Waals surface area (Å²) in [5.74, 6) is -0.413. The van der Waals surface area contributed by atoms with Crippen LogP contribution < -0.4 is 5.32 Å². The zero-order valence-corrected chi connectivity index (χ0v) is 18.8. The van der Waals surface area contributed by atoms with E-state index in [0.29, 0.717) is 25.4 Å². The highest BCUT2D eigenvalue weighted by Gasteiger charge is 2.32. The van der Waals surface area contributed by atoms with E-state index in [0.717, 1.165) is 17.5 Å². The van der Waals surface area contributed by atoms with E-state index in [1.807, 2.05) is 24.3 Å². The zero-order chi connectivity index (χ0) is 23.4. The van der Waals surface area contributed by atoms with Gasteiger partial charge in [-0.2, -0.15) is 0 Å². The molecule has 2 aromatic rings. The van der Waals surface area contributed by atoms with Gasteiger partial charge in [0.1, 0.15) is 6.61 Å². The number of nitrogens with one attached hydrogen (secondary N) is 1. The molecule has 0 saturated carbocycles. The average Bonchev–Trinajstić information content (AvgIpc) is 3.07. The molecule has 7 nitrogen and oxygen atoms in total. The number of nitrogens with zero attached hydrogens (tertiary/aromatic N) is 1. The van der Waals surface area contributed by atoms with Gasteiger partial charge < -0.3 is 20.1 Å². The summed E-state index contributed by atoms with van der Waals surface area (Å²) in [6.07, 6.45) is 1.33. The van der Waals surface area contributed by atoms with Crippen LogP contribution in [0.4, 0.5) is 4.79 Å². The van der Waals surface area contributed by atoms with Crippen molar-refractivity contribution in [2.75, 3.05) is 19.7 Å². The summed E-state index contributed by atoms with van der Waals surface area (Å²) in [6, 6.07) is 16.0. The molecule has 1 fully saturated rings. The van der Waals surface area contributed by atoms with Crippen LogP contribution in [-0.4, -0.2) is 53.7 Å². The van der Waals surface area contributed by atoms with E-state index in [1.54, 1.807) is 11.8 Å². The van der Waals surface area contributed by atoms with Crippen LogP contribution in [0.1, 0.15) is 49.7 Å². The summed E-state index contributed by atoms with van der Waals surface area (Å²) in [5.41, 5.74) is 4.67. The third kappa shape index (κ3) is 5.35. The molecule has 1 unspecified atom stereocenters. The van der Waals surface area contributed by atoms with E-state index >= 15 is 0 Å². The number of likely N-dealkylation sites (tertiary alicyclic amines) is 1. The van der Waals surface area contributed by atoms with Crippen molar-refractivity contribution in [3.8, 4) is 11.1 Å². The number of carbonyl (C=O) groups is 3. The highest BCUT2D eigenvalue weighted by Crippen LogP contribution is 2.44. The molecule has 2 amide bonds. The quantitative estimate of drug-likeness (QED) is 0.602. The second kappa shape index (κ2) is 10.1. The predicted octanol–water partition coefficient (Wildman–Crippen LogP) is 4.02. The number of aliphatic carboxylic acids is 1. The van der Waals surface area contributed by atoms with Crippen LogP contribution in [0.15, 0.2) is 48.5 Å². The Hall–Kier alpha value is -3.35. The fourth-order valence-corrected chi connectivity index (χ4v) is 4.78. The van der Waals surface area contributed by atoms with Crippen LogP contribution in [0.2, 0.25) is 0 Å². The van der Waals surface area contributed by atoms with Gasteiger partial charge in [0.15, 0.2) is 0 Å². The molecule has 1 aliphatic heterocycles. The number of ether oxygens (including phenoxy) is 1. The third-order valence-corrected chi connectivity index (χ3v) is 6.50. The number of carboxylic acid groups (broad SMARTS) is 1. The normalized spacial score (nSPS) is 15.8. The first kappa shape index (κ1) is 22.8. The Morgan fingerprint density at radius 1 is 1.06 bits per heavy atom. The van der Waals surface area contributed by atoms with Gasteiger partial charge in [-0.25, -0.2) is 4.79 Å². The van der Waals surface area contributed by atoms with Crippen LogP contribution in [0.5, 0.6) is 0 Å². The second-order valence-corrected chi connectivity index (χ2v) is 9.03. The van der Waals surface area contributed by atoms with E-state index < -0.39 is 12.1 Å². The lowest BCUT2D eigenvalue weighted by Crippen LogP contribution is -2.51. The topological polar surface area (TPSA) is 95.9 Å². The number of rotatable bonds is 9. The fourth-order valence-electron chi connectivity index (χ4n) is 4.78. The van der Waals surface area contributed by atoms with Crippen LogP contribution in [0, 0.1) is 5.92 Å². The van der Waals surface area contributed by atoms with Crippen molar-refractivity contribution in [2.24, 2.45) is 5.92 Å². The predicted molar refractivity (Wildman–Crippen MR) is 124 cm³/mol. The Bertz CT molecular complexity index is 985. The summed E-state index contributed by atoms with van der Waals surface area (Å²) >= 11 is 0. The van der Waals surface area contributed by atoms with E-state index in [1.165, 1.54) is 11.1 Å². The largest absolute Gasteiger partial charge is 0.481 e. The summed E-state index contributed by atoms with van der Waals surface area (Å²) in [5, 5.41) is 11.5. The Morgan fingerprint density at radius 3 is 2.27 bits per heavy atom. The van der Waals surface area contributed by atoms with Crippen molar-refractivity contribution >= 4 is 18.0 Å². The molecule has 1 aliphatic carbocycles. The lowest BCUT2D eigenvalue weighted by atomic mass is 9.93. The summed E-state index contributed by atoms with van der Waals surface area (Å²) in [6.45, 7) is 3.36. The van der Waals surface area contributed by atoms with Crippen LogP contribution in [0.25, 0.3) is 11.1 Å². The van der Waals surface area contributed by atoms with E-state index in [2.05, 4.69) is 29.6 Å². The minimum absolute atomic E-state index is 0.000707. The third-order valence-electron chi connectivity index (χ3n) is 6.50. The molecular weight excluding hydrogens is 420 g/mol. The Kier molecular flexibility index (Phi) is 6.96. The van der Waals surface area contributed by atoms with Gasteiger partial charge in [-0.3, -0.25) is 9.59 Å². The number of alkyl carbamates (subject to hydrolysis) is 1. The summed E-state index contributed by atoms with van der Waals surface area (Å²) in [7, 11) is 0. The van der Waals surface area contributed by atoms with Gasteiger partial charge in [0, 0.05) is 37.9 Å². The molecule has 2 aliphatic rings. The van der Waals surface area contributed by atoms with Crippen LogP contribution in [-0.2, 0) is 14.3 Å². The number of fused-ring (bicyclic) bond motifs is 3. The van der Waals surface area contributed by atoms with Gasteiger partial charge in [-0.1, -0.05) is 48.5 Å². The van der Waals surface area contributed by atoms with Crippen molar-refractivity contribution in [1.29, 1.82) is 0 Å². The molecule has 7 heteroatoms. The maximum atomic E-state index is 12.4. The Morgan fingerprint density at radius 2 is 1.67 bits per heavy atom. The molecule has 0 aromatic heterocycles. The maximum absolute atomic E-state index is 12.4. The van der Waals surface area contributed by atoms with Gasteiger partial charge in [0.25, 0.3) is 0 Å². The lowest BCUT2D eigenvalue weighted by molar-refractivity contribution is -0.139. The second-order valence-electron chi connectivity index (χ2n) is 9.03. The van der Waals surface area contributed by atoms with E-state index in [4.69, 9.17) is 9.84 Å². The number of amides is 2. The molecule has 0 spiro atoms. The zero-order valence-electron chi connectivity index (χ0n) is 18.8. The van der Waals surface area contributed by atoms with Gasteiger partial charge >= 0.3 is 12.1 Å². The molecule has 2 aromatic carbocycles. The number of hydrogen-bond acceptors (Lipinski definition) is 4. The van der Waals surface area contributed by atoms with Gasteiger partial charge in [-0.15, -0.1) is 0 Å². The van der Waals surface area contributed by atoms with Crippen molar-refractivity contribution < 1.29 is 24.2 Å². The molecule has 1 heterocycles. The molecule has 0 bridgehead atoms. The lowest BCUT2D eigenvalue weighted by Gasteiger charge is -2.40. The van der Waals surface area contributed by atoms with Crippen molar-refractivity contribution in [3.63, 3.8) is 0 Å². The summed E-state index contributed by atoms with van der Waals surface area (Å²) < 4.78 is 5.55. The molecule has 4 rings (SSSR count). The first-order valence-electron chi connectivity index (χ1n) is 11.5. The Labute approximate surface area is 193 Å².